The highest BCUT2D eigenvalue weighted by molar-refractivity contribution is 6.14. The van der Waals surface area contributed by atoms with Crippen LogP contribution in [0.15, 0.2) is 89.9 Å². The Bertz CT molecular complexity index is 1460. The summed E-state index contributed by atoms with van der Waals surface area (Å²) in [6.07, 6.45) is -4.59. The second-order valence-electron chi connectivity index (χ2n) is 7.99. The summed E-state index contributed by atoms with van der Waals surface area (Å²) >= 11 is 0. The van der Waals surface area contributed by atoms with Crippen LogP contribution in [0.4, 0.5) is 33.3 Å². The second kappa shape index (κ2) is 9.11. The molecule has 0 atom stereocenters. The van der Waals surface area contributed by atoms with Gasteiger partial charge in [-0.25, -0.2) is 13.8 Å². The third-order valence-corrected chi connectivity index (χ3v) is 5.70. The van der Waals surface area contributed by atoms with Gasteiger partial charge in [0.15, 0.2) is 0 Å². The van der Waals surface area contributed by atoms with Crippen molar-refractivity contribution in [2.75, 3.05) is 12.0 Å². The van der Waals surface area contributed by atoms with Crippen LogP contribution in [0.3, 0.4) is 0 Å². The van der Waals surface area contributed by atoms with E-state index in [0.29, 0.717) is 11.1 Å². The molecule has 0 aromatic heterocycles. The predicted molar refractivity (Wildman–Crippen MR) is 127 cm³/mol. The maximum Gasteiger partial charge on any atom is 0.416 e. The minimum atomic E-state index is -4.59. The van der Waals surface area contributed by atoms with Gasteiger partial charge >= 0.3 is 6.18 Å². The first-order valence-corrected chi connectivity index (χ1v) is 10.8. The molecular formula is C28H17F5N2O. The fourth-order valence-electron chi connectivity index (χ4n) is 3.94. The Kier molecular flexibility index (Phi) is 5.96. The SMILES string of the molecule is COc1ccc(C(F)(F)F)cc1N1[C]c2cccc(F)c2N=C1c1ccc(-c2cccc(F)c2)cc1. The quantitative estimate of drug-likeness (QED) is 0.274. The lowest BCUT2D eigenvalue weighted by Crippen LogP contribution is -2.32. The number of rotatable bonds is 4. The van der Waals surface area contributed by atoms with E-state index in [-0.39, 0.29) is 34.3 Å². The molecule has 0 aliphatic carbocycles. The molecule has 0 saturated carbocycles. The van der Waals surface area contributed by atoms with E-state index >= 15 is 0 Å². The lowest BCUT2D eigenvalue weighted by atomic mass is 10.0. The molecule has 5 rings (SSSR count). The molecular weight excluding hydrogens is 475 g/mol. The van der Waals surface area contributed by atoms with Crippen LogP contribution < -0.4 is 9.64 Å². The summed E-state index contributed by atoms with van der Waals surface area (Å²) in [4.78, 5) is 5.79. The number of nitrogens with zero attached hydrogens (tertiary/aromatic N) is 2. The highest BCUT2D eigenvalue weighted by Gasteiger charge is 2.34. The summed E-state index contributed by atoms with van der Waals surface area (Å²) in [5.41, 5.74) is 1.30. The highest BCUT2D eigenvalue weighted by atomic mass is 19.4. The molecule has 0 amide bonds. The van der Waals surface area contributed by atoms with Crippen LogP contribution in [0.2, 0.25) is 0 Å². The zero-order chi connectivity index (χ0) is 25.4. The fourth-order valence-corrected chi connectivity index (χ4v) is 3.94. The van der Waals surface area contributed by atoms with Crippen molar-refractivity contribution in [2.45, 2.75) is 6.18 Å². The average Bonchev–Trinajstić information content (AvgIpc) is 2.87. The van der Waals surface area contributed by atoms with Gasteiger partial charge in [0, 0.05) is 11.1 Å². The second-order valence-corrected chi connectivity index (χ2v) is 7.99. The van der Waals surface area contributed by atoms with E-state index in [9.17, 15) is 22.0 Å². The maximum atomic E-state index is 14.6. The molecule has 3 nitrogen and oxygen atoms in total. The summed E-state index contributed by atoms with van der Waals surface area (Å²) in [6.45, 7) is 2.98. The first-order valence-electron chi connectivity index (χ1n) is 10.8. The molecule has 0 fully saturated rings. The first-order chi connectivity index (χ1) is 17.2. The molecule has 180 valence electrons. The standard InChI is InChI=1S/C28H17F5N2O/c1-36-25-13-12-21(28(31,32)33)15-24(25)35-16-20-5-3-7-23(30)26(20)34-27(35)18-10-8-17(9-11-18)19-4-2-6-22(29)14-19/h2-15H,1H3. The van der Waals surface area contributed by atoms with Gasteiger partial charge < -0.3 is 9.64 Å². The summed E-state index contributed by atoms with van der Waals surface area (Å²) in [6, 6.07) is 20.2. The smallest absolute Gasteiger partial charge is 0.416 e. The molecule has 0 N–H and O–H groups in total. The number of amidine groups is 1. The summed E-state index contributed by atoms with van der Waals surface area (Å²) < 4.78 is 74.2. The van der Waals surface area contributed by atoms with Gasteiger partial charge in [0.1, 0.15) is 35.5 Å². The Labute approximate surface area is 204 Å². The van der Waals surface area contributed by atoms with Crippen LogP contribution in [0.5, 0.6) is 5.75 Å². The Hall–Kier alpha value is -4.20. The van der Waals surface area contributed by atoms with Crippen molar-refractivity contribution in [1.29, 1.82) is 0 Å². The summed E-state index contributed by atoms with van der Waals surface area (Å²) in [7, 11) is 1.34. The van der Waals surface area contributed by atoms with Crippen molar-refractivity contribution in [3.8, 4) is 16.9 Å². The number of aliphatic imine (C=N–C) groups is 1. The van der Waals surface area contributed by atoms with Gasteiger partial charge in [-0.2, -0.15) is 13.2 Å². The lowest BCUT2D eigenvalue weighted by Gasteiger charge is -2.31. The van der Waals surface area contributed by atoms with E-state index in [1.54, 1.807) is 42.5 Å². The topological polar surface area (TPSA) is 24.8 Å². The molecule has 8 heteroatoms. The van der Waals surface area contributed by atoms with Crippen LogP contribution in [0.1, 0.15) is 16.7 Å². The molecule has 1 aliphatic rings. The van der Waals surface area contributed by atoms with Crippen molar-refractivity contribution in [3.05, 3.63) is 120 Å². The molecule has 2 radical (unpaired) electrons. The van der Waals surface area contributed by atoms with Gasteiger partial charge in [-0.1, -0.05) is 48.5 Å². The van der Waals surface area contributed by atoms with Crippen molar-refractivity contribution < 1.29 is 26.7 Å². The van der Waals surface area contributed by atoms with Crippen LogP contribution in [-0.2, 0) is 6.18 Å². The normalized spacial score (nSPS) is 13.3. The van der Waals surface area contributed by atoms with Crippen LogP contribution in [-0.4, -0.2) is 12.9 Å². The zero-order valence-electron chi connectivity index (χ0n) is 18.8. The number of methoxy groups -OCH3 is 1. The zero-order valence-corrected chi connectivity index (χ0v) is 18.8. The van der Waals surface area contributed by atoms with Gasteiger partial charge in [-0.3, -0.25) is 0 Å². The minimum absolute atomic E-state index is 0.0175. The average molecular weight is 492 g/mol. The monoisotopic (exact) mass is 492 g/mol. The molecule has 1 aliphatic heterocycles. The van der Waals surface area contributed by atoms with Crippen molar-refractivity contribution in [1.82, 2.24) is 0 Å². The predicted octanol–water partition coefficient (Wildman–Crippen LogP) is 7.64. The van der Waals surface area contributed by atoms with E-state index in [2.05, 4.69) is 11.5 Å². The Morgan fingerprint density at radius 3 is 2.22 bits per heavy atom. The number of ether oxygens (including phenoxy) is 1. The van der Waals surface area contributed by atoms with E-state index in [4.69, 9.17) is 4.74 Å². The lowest BCUT2D eigenvalue weighted by molar-refractivity contribution is -0.137. The maximum absolute atomic E-state index is 14.6. The van der Waals surface area contributed by atoms with Crippen molar-refractivity contribution >= 4 is 17.2 Å². The van der Waals surface area contributed by atoms with E-state index in [1.165, 1.54) is 42.3 Å². The molecule has 1 heterocycles. The Balaban J connectivity index is 1.65. The molecule has 36 heavy (non-hydrogen) atoms. The highest BCUT2D eigenvalue weighted by Crippen LogP contribution is 2.41. The van der Waals surface area contributed by atoms with Crippen molar-refractivity contribution in [3.63, 3.8) is 0 Å². The molecule has 0 unspecified atom stereocenters. The molecule has 4 aromatic carbocycles. The number of benzene rings is 4. The number of hydrogen-bond donors (Lipinski definition) is 0. The summed E-state index contributed by atoms with van der Waals surface area (Å²) in [5.74, 6) is -0.674. The third-order valence-electron chi connectivity index (χ3n) is 5.70. The number of halogens is 5. The van der Waals surface area contributed by atoms with Gasteiger partial charge in [0.2, 0.25) is 0 Å². The van der Waals surface area contributed by atoms with E-state index in [1.807, 2.05) is 0 Å². The number of hydrogen-bond acceptors (Lipinski definition) is 3. The molecule has 0 bridgehead atoms. The molecule has 0 spiro atoms. The van der Waals surface area contributed by atoms with Gasteiger partial charge in [0.05, 0.1) is 18.4 Å². The minimum Gasteiger partial charge on any atom is -0.495 e. The first kappa shape index (κ1) is 23.5. The Morgan fingerprint density at radius 1 is 0.806 bits per heavy atom. The number of para-hydroxylation sites is 1. The van der Waals surface area contributed by atoms with E-state index < -0.39 is 17.6 Å². The number of anilines is 1. The third kappa shape index (κ3) is 4.42. The fraction of sp³-hybridized carbons (Fsp3) is 0.0714. The van der Waals surface area contributed by atoms with Gasteiger partial charge in [0.25, 0.3) is 0 Å². The van der Waals surface area contributed by atoms with Crippen molar-refractivity contribution in [2.24, 2.45) is 4.99 Å². The number of fused-ring (bicyclic) bond motifs is 1. The van der Waals surface area contributed by atoms with E-state index in [0.717, 1.165) is 17.7 Å². The largest absolute Gasteiger partial charge is 0.495 e. The Morgan fingerprint density at radius 2 is 1.53 bits per heavy atom. The van der Waals surface area contributed by atoms with Crippen LogP contribution in [0.25, 0.3) is 11.1 Å². The van der Waals surface area contributed by atoms with Gasteiger partial charge in [-0.15, -0.1) is 0 Å². The van der Waals surface area contributed by atoms with Crippen LogP contribution in [0, 0.1) is 18.2 Å². The molecule has 4 aromatic rings. The summed E-state index contributed by atoms with van der Waals surface area (Å²) in [5, 5.41) is 0. The number of alkyl halides is 3. The van der Waals surface area contributed by atoms with Gasteiger partial charge in [-0.05, 0) is 47.5 Å². The molecule has 0 saturated heterocycles. The van der Waals surface area contributed by atoms with Crippen LogP contribution >= 0.6 is 0 Å².